The van der Waals surface area contributed by atoms with Crippen LogP contribution in [0.5, 0.6) is 5.88 Å². The summed E-state index contributed by atoms with van der Waals surface area (Å²) in [6.07, 6.45) is -2.50. The number of benzene rings is 1. The minimum atomic E-state index is -4.70. The van der Waals surface area contributed by atoms with E-state index in [1.54, 1.807) is 33.1 Å². The Labute approximate surface area is 205 Å². The van der Waals surface area contributed by atoms with Gasteiger partial charge in [0.2, 0.25) is 11.8 Å². The molecule has 1 amide bonds. The first-order valence-electron chi connectivity index (χ1n) is 11.1. The van der Waals surface area contributed by atoms with Crippen LogP contribution in [0.25, 0.3) is 22.6 Å². The van der Waals surface area contributed by atoms with Crippen LogP contribution in [0.15, 0.2) is 47.4 Å². The van der Waals surface area contributed by atoms with Crippen molar-refractivity contribution < 1.29 is 27.4 Å². The number of halogens is 3. The van der Waals surface area contributed by atoms with Crippen molar-refractivity contribution >= 4 is 5.91 Å². The van der Waals surface area contributed by atoms with Gasteiger partial charge >= 0.3 is 6.18 Å². The van der Waals surface area contributed by atoms with Crippen LogP contribution in [-0.4, -0.2) is 41.2 Å². The normalized spacial score (nSPS) is 11.9. The van der Waals surface area contributed by atoms with Gasteiger partial charge in [0.15, 0.2) is 0 Å². The molecule has 3 aromatic rings. The Balaban J connectivity index is 2.00. The summed E-state index contributed by atoms with van der Waals surface area (Å²) in [6.45, 7) is 4.15. The predicted molar refractivity (Wildman–Crippen MR) is 127 cm³/mol. The summed E-state index contributed by atoms with van der Waals surface area (Å²) >= 11 is 0. The third kappa shape index (κ3) is 6.69. The van der Waals surface area contributed by atoms with Crippen molar-refractivity contribution in [3.05, 3.63) is 64.1 Å². The van der Waals surface area contributed by atoms with Gasteiger partial charge in [-0.1, -0.05) is 19.9 Å². The van der Waals surface area contributed by atoms with E-state index in [9.17, 15) is 22.8 Å². The Bertz CT molecular complexity index is 1270. The Kier molecular flexibility index (Phi) is 8.13. The Morgan fingerprint density at radius 1 is 1.11 bits per heavy atom. The second-order valence-corrected chi connectivity index (χ2v) is 8.86. The van der Waals surface area contributed by atoms with Crippen molar-refractivity contribution in [1.82, 2.24) is 15.0 Å². The van der Waals surface area contributed by atoms with Crippen LogP contribution in [0, 0.1) is 5.41 Å². The van der Waals surface area contributed by atoms with E-state index in [1.807, 2.05) is 0 Å². The van der Waals surface area contributed by atoms with E-state index in [0.717, 1.165) is 6.07 Å². The second kappa shape index (κ2) is 10.9. The summed E-state index contributed by atoms with van der Waals surface area (Å²) in [7, 11) is 1.59. The lowest BCUT2D eigenvalue weighted by Gasteiger charge is -2.21. The van der Waals surface area contributed by atoms with Crippen molar-refractivity contribution in [2.45, 2.75) is 32.9 Å². The molecule has 0 atom stereocenters. The fourth-order valence-electron chi connectivity index (χ4n) is 3.47. The van der Waals surface area contributed by atoms with E-state index < -0.39 is 28.6 Å². The Morgan fingerprint density at radius 3 is 2.47 bits per heavy atom. The number of hydrogen-bond donors (Lipinski definition) is 2. The molecule has 8 nitrogen and oxygen atoms in total. The quantitative estimate of drug-likeness (QED) is 0.403. The first-order chi connectivity index (χ1) is 16.9. The van der Waals surface area contributed by atoms with Crippen molar-refractivity contribution in [3.8, 4) is 28.5 Å². The SMILES string of the molecule is COCCCOc1ccc(-c2cc(=O)[nH]c(-c3cc(CC(C)(C)C(N)=O)ccc3C(F)(F)F)n2)cn1. The molecule has 3 rings (SSSR count). The van der Waals surface area contributed by atoms with Crippen molar-refractivity contribution in [2.75, 3.05) is 20.3 Å². The predicted octanol–water partition coefficient (Wildman–Crippen LogP) is 3.99. The molecule has 2 heterocycles. The van der Waals surface area contributed by atoms with Crippen LogP contribution in [0.2, 0.25) is 0 Å². The van der Waals surface area contributed by atoms with Gasteiger partial charge in [0, 0.05) is 55.0 Å². The van der Waals surface area contributed by atoms with E-state index in [0.29, 0.717) is 36.6 Å². The van der Waals surface area contributed by atoms with Crippen LogP contribution in [0.4, 0.5) is 13.2 Å². The van der Waals surface area contributed by atoms with Crippen LogP contribution in [0.1, 0.15) is 31.4 Å². The molecule has 0 spiro atoms. The van der Waals surface area contributed by atoms with E-state index in [-0.39, 0.29) is 23.5 Å². The molecule has 36 heavy (non-hydrogen) atoms. The molecule has 1 aromatic carbocycles. The van der Waals surface area contributed by atoms with Gasteiger partial charge in [0.25, 0.3) is 5.56 Å². The number of alkyl halides is 3. The average Bonchev–Trinajstić information content (AvgIpc) is 2.81. The largest absolute Gasteiger partial charge is 0.478 e. The molecule has 0 unspecified atom stereocenters. The maximum atomic E-state index is 13.8. The zero-order valence-electron chi connectivity index (χ0n) is 20.1. The summed E-state index contributed by atoms with van der Waals surface area (Å²) in [5.74, 6) is -0.497. The van der Waals surface area contributed by atoms with Gasteiger partial charge in [-0.2, -0.15) is 13.2 Å². The number of primary amides is 1. The number of ether oxygens (including phenoxy) is 2. The minimum absolute atomic E-state index is 0.104. The number of rotatable bonds is 10. The monoisotopic (exact) mass is 504 g/mol. The molecule has 0 saturated heterocycles. The third-order valence-corrected chi connectivity index (χ3v) is 5.47. The summed E-state index contributed by atoms with van der Waals surface area (Å²) in [4.78, 5) is 35.0. The smallest absolute Gasteiger partial charge is 0.417 e. The van der Waals surface area contributed by atoms with Gasteiger partial charge < -0.3 is 20.2 Å². The van der Waals surface area contributed by atoms with Gasteiger partial charge in [-0.05, 0) is 30.2 Å². The van der Waals surface area contributed by atoms with Crippen molar-refractivity contribution in [2.24, 2.45) is 11.1 Å². The molecule has 3 N–H and O–H groups in total. The first kappa shape index (κ1) is 26.9. The van der Waals surface area contributed by atoms with E-state index >= 15 is 0 Å². The van der Waals surface area contributed by atoms with Crippen molar-refractivity contribution in [3.63, 3.8) is 0 Å². The molecule has 11 heteroatoms. The molecule has 2 aromatic heterocycles. The van der Waals surface area contributed by atoms with E-state index in [2.05, 4.69) is 15.0 Å². The standard InChI is InChI=1S/C25H27F3N4O4/c1-24(2,23(29)34)13-15-5-7-18(25(26,27)28)17(11-15)22-31-19(12-20(33)32-22)16-6-8-21(30-14-16)36-10-4-9-35-3/h5-8,11-12,14H,4,9-10,13H2,1-3H3,(H2,29,34)(H,31,32,33). The molecule has 0 radical (unpaired) electrons. The molecule has 0 aliphatic rings. The topological polar surface area (TPSA) is 120 Å². The molecular formula is C25H27F3N4O4. The fraction of sp³-hybridized carbons (Fsp3) is 0.360. The summed E-state index contributed by atoms with van der Waals surface area (Å²) in [5.41, 5.74) is 3.52. The number of carbonyl (C=O) groups excluding carboxylic acids is 1. The number of hydrogen-bond acceptors (Lipinski definition) is 6. The number of nitrogens with two attached hydrogens (primary N) is 1. The van der Waals surface area contributed by atoms with Crippen LogP contribution in [-0.2, 0) is 22.1 Å². The third-order valence-electron chi connectivity index (χ3n) is 5.47. The van der Waals surface area contributed by atoms with Crippen LogP contribution >= 0.6 is 0 Å². The van der Waals surface area contributed by atoms with Gasteiger partial charge in [0.05, 0.1) is 17.9 Å². The number of nitrogens with one attached hydrogen (secondary N) is 1. The Hall–Kier alpha value is -3.73. The number of carbonyl (C=O) groups is 1. The van der Waals surface area contributed by atoms with E-state index in [4.69, 9.17) is 15.2 Å². The molecule has 0 bridgehead atoms. The maximum Gasteiger partial charge on any atom is 0.417 e. The lowest BCUT2D eigenvalue weighted by molar-refractivity contribution is -0.137. The van der Waals surface area contributed by atoms with Gasteiger partial charge in [-0.15, -0.1) is 0 Å². The maximum absolute atomic E-state index is 13.8. The molecule has 0 aliphatic carbocycles. The molecule has 192 valence electrons. The summed E-state index contributed by atoms with van der Waals surface area (Å²) in [6, 6.07) is 7.83. The minimum Gasteiger partial charge on any atom is -0.478 e. The van der Waals surface area contributed by atoms with Gasteiger partial charge in [-0.25, -0.2) is 9.97 Å². The number of methoxy groups -OCH3 is 1. The number of H-pyrrole nitrogens is 1. The summed E-state index contributed by atoms with van der Waals surface area (Å²) < 4.78 is 51.9. The fourth-order valence-corrected chi connectivity index (χ4v) is 3.47. The zero-order valence-corrected chi connectivity index (χ0v) is 20.1. The number of aromatic nitrogens is 3. The highest BCUT2D eigenvalue weighted by Crippen LogP contribution is 2.37. The highest BCUT2D eigenvalue weighted by molar-refractivity contribution is 5.80. The summed E-state index contributed by atoms with van der Waals surface area (Å²) in [5, 5.41) is 0. The van der Waals surface area contributed by atoms with Gasteiger partial charge in [0.1, 0.15) is 5.82 Å². The lowest BCUT2D eigenvalue weighted by Crippen LogP contribution is -2.33. The van der Waals surface area contributed by atoms with Crippen LogP contribution < -0.4 is 16.0 Å². The zero-order chi connectivity index (χ0) is 26.5. The number of aromatic amines is 1. The number of pyridine rings is 1. The molecule has 0 aliphatic heterocycles. The average molecular weight is 505 g/mol. The molecule has 0 fully saturated rings. The van der Waals surface area contributed by atoms with Crippen molar-refractivity contribution in [1.29, 1.82) is 0 Å². The molecule has 0 saturated carbocycles. The van der Waals surface area contributed by atoms with Gasteiger partial charge in [-0.3, -0.25) is 9.59 Å². The highest BCUT2D eigenvalue weighted by atomic mass is 19.4. The van der Waals surface area contributed by atoms with Crippen LogP contribution in [0.3, 0.4) is 0 Å². The second-order valence-electron chi connectivity index (χ2n) is 8.86. The molecular weight excluding hydrogens is 477 g/mol. The lowest BCUT2D eigenvalue weighted by atomic mass is 9.84. The number of nitrogens with zero attached hydrogens (tertiary/aromatic N) is 2. The van der Waals surface area contributed by atoms with E-state index in [1.165, 1.54) is 24.4 Å². The number of amides is 1. The first-order valence-corrected chi connectivity index (χ1v) is 11.1. The Morgan fingerprint density at radius 2 is 1.86 bits per heavy atom. The highest BCUT2D eigenvalue weighted by Gasteiger charge is 2.35.